The van der Waals surface area contributed by atoms with Crippen molar-refractivity contribution in [3.8, 4) is 0 Å². The van der Waals surface area contributed by atoms with E-state index < -0.39 is 10.1 Å². The summed E-state index contributed by atoms with van der Waals surface area (Å²) in [6.07, 6.45) is 15.5. The van der Waals surface area contributed by atoms with Crippen molar-refractivity contribution in [1.29, 1.82) is 0 Å². The summed E-state index contributed by atoms with van der Waals surface area (Å²) in [5.41, 5.74) is 0. The van der Waals surface area contributed by atoms with Gasteiger partial charge in [-0.2, -0.15) is 0 Å². The zero-order chi connectivity index (χ0) is 19.0. The topological polar surface area (TPSA) is 77.4 Å². The van der Waals surface area contributed by atoms with Gasteiger partial charge in [0.1, 0.15) is 0 Å². The summed E-state index contributed by atoms with van der Waals surface area (Å²) in [5.74, 6) is -0.240. The first-order chi connectivity index (χ1) is 11.8. The molecule has 0 saturated heterocycles. The summed E-state index contributed by atoms with van der Waals surface area (Å²) in [6, 6.07) is 0. The maximum atomic E-state index is 10.6. The lowest BCUT2D eigenvalue weighted by Crippen LogP contribution is -2.41. The quantitative estimate of drug-likeness (QED) is 0.224. The number of nitrogens with zero attached hydrogens (tertiary/aromatic N) is 1. The summed E-state index contributed by atoms with van der Waals surface area (Å²) in [4.78, 5) is 0. The molecular weight excluding hydrogens is 338 g/mol. The van der Waals surface area contributed by atoms with Crippen molar-refractivity contribution in [2.75, 3.05) is 39.5 Å². The SMILES string of the molecule is C[N+](C)(CCCCCCCCCCCCCCO)CCCS(=O)(=O)[O-]. The predicted molar refractivity (Wildman–Crippen MR) is 104 cm³/mol. The minimum atomic E-state index is -4.07. The molecule has 0 aromatic heterocycles. The number of hydrogen-bond donors (Lipinski definition) is 1. The Labute approximate surface area is 156 Å². The van der Waals surface area contributed by atoms with E-state index in [2.05, 4.69) is 14.1 Å². The first-order valence-corrected chi connectivity index (χ1v) is 11.7. The van der Waals surface area contributed by atoms with Crippen LogP contribution in [0.15, 0.2) is 0 Å². The fourth-order valence-electron chi connectivity index (χ4n) is 3.20. The monoisotopic (exact) mass is 379 g/mol. The van der Waals surface area contributed by atoms with Crippen LogP contribution in [-0.2, 0) is 10.1 Å². The van der Waals surface area contributed by atoms with Gasteiger partial charge in [-0.1, -0.05) is 57.8 Å². The van der Waals surface area contributed by atoms with E-state index in [1.807, 2.05) is 0 Å². The first kappa shape index (κ1) is 24.8. The molecular formula is C19H41NO4S. The normalized spacial score (nSPS) is 12.6. The average molecular weight is 380 g/mol. The Morgan fingerprint density at radius 3 is 1.44 bits per heavy atom. The zero-order valence-corrected chi connectivity index (χ0v) is 17.4. The molecule has 152 valence electrons. The molecule has 5 nitrogen and oxygen atoms in total. The van der Waals surface area contributed by atoms with Gasteiger partial charge in [-0.25, -0.2) is 8.42 Å². The van der Waals surface area contributed by atoms with Gasteiger partial charge in [-0.15, -0.1) is 0 Å². The van der Waals surface area contributed by atoms with Gasteiger partial charge < -0.3 is 14.1 Å². The lowest BCUT2D eigenvalue weighted by molar-refractivity contribution is -0.890. The van der Waals surface area contributed by atoms with Gasteiger partial charge in [0.05, 0.1) is 37.3 Å². The smallest absolute Gasteiger partial charge is 0.0948 e. The lowest BCUT2D eigenvalue weighted by Gasteiger charge is -2.30. The fraction of sp³-hybridized carbons (Fsp3) is 1.00. The third-order valence-corrected chi connectivity index (χ3v) is 5.62. The van der Waals surface area contributed by atoms with Gasteiger partial charge >= 0.3 is 0 Å². The molecule has 0 heterocycles. The van der Waals surface area contributed by atoms with E-state index in [-0.39, 0.29) is 5.75 Å². The Bertz CT molecular complexity index is 396. The highest BCUT2D eigenvalue weighted by Gasteiger charge is 2.14. The van der Waals surface area contributed by atoms with Gasteiger partial charge in [0.15, 0.2) is 0 Å². The molecule has 0 aliphatic carbocycles. The van der Waals surface area contributed by atoms with Crippen molar-refractivity contribution < 1.29 is 22.6 Å². The summed E-state index contributed by atoms with van der Waals surface area (Å²) in [7, 11) is 0.153. The second-order valence-corrected chi connectivity index (χ2v) is 9.49. The molecule has 0 amide bonds. The predicted octanol–water partition coefficient (Wildman–Crippen LogP) is 3.67. The van der Waals surface area contributed by atoms with Crippen LogP contribution in [0.5, 0.6) is 0 Å². The van der Waals surface area contributed by atoms with Crippen molar-refractivity contribution in [3.05, 3.63) is 0 Å². The van der Waals surface area contributed by atoms with E-state index in [1.54, 1.807) is 0 Å². The molecule has 0 aromatic carbocycles. The summed E-state index contributed by atoms with van der Waals surface area (Å²) < 4.78 is 32.7. The lowest BCUT2D eigenvalue weighted by atomic mass is 10.1. The number of rotatable bonds is 18. The van der Waals surface area contributed by atoms with Gasteiger partial charge in [0.25, 0.3) is 0 Å². The number of unbranched alkanes of at least 4 members (excludes halogenated alkanes) is 11. The van der Waals surface area contributed by atoms with Crippen LogP contribution in [-0.4, -0.2) is 62.1 Å². The van der Waals surface area contributed by atoms with Crippen LogP contribution in [0.3, 0.4) is 0 Å². The molecule has 0 aromatic rings. The molecule has 0 spiro atoms. The van der Waals surface area contributed by atoms with Crippen LogP contribution in [0.4, 0.5) is 0 Å². The minimum Gasteiger partial charge on any atom is -0.748 e. The molecule has 0 aliphatic rings. The zero-order valence-electron chi connectivity index (χ0n) is 16.5. The van der Waals surface area contributed by atoms with Crippen LogP contribution >= 0.6 is 0 Å². The average Bonchev–Trinajstić information content (AvgIpc) is 2.50. The molecule has 0 rings (SSSR count). The molecule has 0 unspecified atom stereocenters. The second-order valence-electron chi connectivity index (χ2n) is 7.96. The minimum absolute atomic E-state index is 0.240. The van der Waals surface area contributed by atoms with Crippen molar-refractivity contribution in [3.63, 3.8) is 0 Å². The largest absolute Gasteiger partial charge is 0.748 e. The standard InChI is InChI=1S/C19H41NO4S/c1-20(2,17-15-19-25(22,23)24)16-13-11-9-7-5-3-4-6-8-10-12-14-18-21/h21H,3-19H2,1-2H3. The van der Waals surface area contributed by atoms with Crippen molar-refractivity contribution in [2.45, 2.75) is 83.5 Å². The van der Waals surface area contributed by atoms with Crippen LogP contribution in [0.2, 0.25) is 0 Å². The van der Waals surface area contributed by atoms with Crippen LogP contribution < -0.4 is 0 Å². The fourth-order valence-corrected chi connectivity index (χ4v) is 3.68. The summed E-state index contributed by atoms with van der Waals surface area (Å²) >= 11 is 0. The van der Waals surface area contributed by atoms with Crippen LogP contribution in [0, 0.1) is 0 Å². The molecule has 6 heteroatoms. The van der Waals surface area contributed by atoms with Crippen molar-refractivity contribution >= 4 is 10.1 Å². The highest BCUT2D eigenvalue weighted by Crippen LogP contribution is 2.13. The van der Waals surface area contributed by atoms with Crippen LogP contribution in [0.1, 0.15) is 83.5 Å². The number of aliphatic hydroxyl groups excluding tert-OH is 1. The molecule has 0 bridgehead atoms. The Kier molecular flexibility index (Phi) is 14.8. The highest BCUT2D eigenvalue weighted by atomic mass is 32.2. The molecule has 0 saturated carbocycles. The first-order valence-electron chi connectivity index (χ1n) is 10.1. The molecule has 0 aliphatic heterocycles. The van der Waals surface area contributed by atoms with Gasteiger partial charge in [0, 0.05) is 18.8 Å². The molecule has 25 heavy (non-hydrogen) atoms. The Hall–Kier alpha value is -0.170. The van der Waals surface area contributed by atoms with E-state index in [0.29, 0.717) is 13.0 Å². The van der Waals surface area contributed by atoms with E-state index in [9.17, 15) is 13.0 Å². The number of hydrogen-bond acceptors (Lipinski definition) is 4. The Balaban J connectivity index is 3.36. The maximum absolute atomic E-state index is 10.6. The van der Waals surface area contributed by atoms with Crippen molar-refractivity contribution in [1.82, 2.24) is 0 Å². The second kappa shape index (κ2) is 14.9. The van der Waals surface area contributed by atoms with E-state index in [0.717, 1.165) is 30.4 Å². The molecule has 1 N–H and O–H groups in total. The third-order valence-electron chi connectivity index (χ3n) is 4.83. The third kappa shape index (κ3) is 20.0. The molecule has 0 radical (unpaired) electrons. The highest BCUT2D eigenvalue weighted by molar-refractivity contribution is 7.85. The maximum Gasteiger partial charge on any atom is 0.0948 e. The van der Waals surface area contributed by atoms with Crippen LogP contribution in [0.25, 0.3) is 0 Å². The number of quaternary nitrogens is 1. The molecule has 0 fully saturated rings. The molecule has 0 atom stereocenters. The van der Waals surface area contributed by atoms with Gasteiger partial charge in [-0.05, 0) is 19.3 Å². The van der Waals surface area contributed by atoms with E-state index in [4.69, 9.17) is 5.11 Å². The summed E-state index contributed by atoms with van der Waals surface area (Å²) in [5, 5.41) is 8.71. The number of aliphatic hydroxyl groups is 1. The van der Waals surface area contributed by atoms with Gasteiger partial charge in [0.2, 0.25) is 0 Å². The Morgan fingerprint density at radius 1 is 0.680 bits per heavy atom. The van der Waals surface area contributed by atoms with E-state index in [1.165, 1.54) is 64.2 Å². The summed E-state index contributed by atoms with van der Waals surface area (Å²) in [6.45, 7) is 2.13. The van der Waals surface area contributed by atoms with Gasteiger partial charge in [-0.3, -0.25) is 0 Å². The van der Waals surface area contributed by atoms with E-state index >= 15 is 0 Å². The van der Waals surface area contributed by atoms with Crippen molar-refractivity contribution in [2.24, 2.45) is 0 Å². The Morgan fingerprint density at radius 2 is 1.04 bits per heavy atom.